The van der Waals surface area contributed by atoms with Crippen LogP contribution in [0.4, 0.5) is 29.2 Å². The van der Waals surface area contributed by atoms with Crippen molar-refractivity contribution >= 4 is 39.9 Å². The first kappa shape index (κ1) is 67.9. The molecule has 0 aliphatic carbocycles. The number of unbranched alkanes of at least 4 members (excludes halogenated alkanes) is 2. The Morgan fingerprint density at radius 3 is 2.15 bits per heavy atom. The number of ether oxygens (including phenoxy) is 2. The number of aliphatic hydroxyl groups is 4. The highest BCUT2D eigenvalue weighted by molar-refractivity contribution is 5.89. The molecule has 0 amide bonds. The van der Waals surface area contributed by atoms with Crippen LogP contribution in [0.3, 0.4) is 0 Å². The molecule has 0 spiro atoms. The highest BCUT2D eigenvalue weighted by Gasteiger charge is 2.42. The molecule has 17 nitrogen and oxygen atoms in total. The van der Waals surface area contributed by atoms with Crippen LogP contribution in [-0.4, -0.2) is 136 Å². The molecule has 2 heterocycles. The molecule has 1 aromatic heterocycles. The maximum Gasteiger partial charge on any atom is 0.434 e. The SMILES string of the molecule is CC(=O)[C@@H](N)Cc1ccc(OCC[18F])cc1.CC(C)CCCCC[18F].CCC(O)Cn1ccnc1[N+](=O)[O-].C[C@@H]1OC(CO)[C@@H](O)C(O)[C@H]1[18F].O=C=O.[C-]#[N+]/C(C)=C(/C)c1ccc2cc(N(C)CC[18F])ccc2c1. The van der Waals surface area contributed by atoms with Gasteiger partial charge in [0.05, 0.1) is 44.6 Å². The Morgan fingerprint density at radius 2 is 1.62 bits per heavy atom. The van der Waals surface area contributed by atoms with E-state index in [9.17, 15) is 37.6 Å². The summed E-state index contributed by atoms with van der Waals surface area (Å²) in [7, 11) is 1.89. The lowest BCUT2D eigenvalue weighted by atomic mass is 9.97. The quantitative estimate of drug-likeness (QED) is 0.0184. The standard InChI is InChI=1S/C18H19FN2.C12H16FNO2.C8H17F.C7H13FO4.C7H11N3O3.CO2/c1-13(14(2)20-3)15-5-6-17-12-18(21(4)10-9-19)8-7-16(17)11-15;1-9(15)12(14)8-10-2-4-11(5-3-10)16-7-6-13;1-8(2)6-4-3-5-7-9;1-3-5(8)7(11)6(10)4(2-9)12-3;1-2-6(11)5-9-4-3-8-7(9)10(12)13;2-1-3/h5-8,11-12H,9-10H2,1-2,4H3;2-5,12H,6-8,14H2,1H3;8H,3-7H2,1-2H3;3-7,9-11H,2H2,1H3;3-4,6,11H,2,5H2,1H3;/b14-13-;;;;;/t;12-;;3-,4?,5-,6+,7?;;/m.0.0../s1/i19-1;13-1;9-1;8-1;;. The molecule has 1 aliphatic heterocycles. The van der Waals surface area contributed by atoms with Gasteiger partial charge in [-0.2, -0.15) is 9.59 Å². The molecule has 3 aromatic carbocycles. The molecule has 0 saturated carbocycles. The van der Waals surface area contributed by atoms with Gasteiger partial charge in [0.2, 0.25) is 0 Å². The molecule has 3 unspecified atom stereocenters. The van der Waals surface area contributed by atoms with E-state index in [0.29, 0.717) is 30.8 Å². The van der Waals surface area contributed by atoms with Crippen molar-refractivity contribution in [2.75, 3.05) is 51.7 Å². The van der Waals surface area contributed by atoms with Crippen LogP contribution < -0.4 is 15.4 Å². The summed E-state index contributed by atoms with van der Waals surface area (Å²) >= 11 is 0. The Hall–Kier alpha value is -6.11. The molecule has 1 saturated heterocycles. The molecule has 6 N–H and O–H groups in total. The lowest BCUT2D eigenvalue weighted by Gasteiger charge is -2.37. The van der Waals surface area contributed by atoms with Crippen LogP contribution in [0.25, 0.3) is 21.2 Å². The normalized spacial score (nSPS) is 17.7. The molecule has 412 valence electrons. The summed E-state index contributed by atoms with van der Waals surface area (Å²) in [6.07, 6.45) is 1.78. The van der Waals surface area contributed by atoms with Gasteiger partial charge in [0.15, 0.2) is 11.9 Å². The molecule has 0 radical (unpaired) electrons. The molecule has 7 atom stereocenters. The molecule has 1 aliphatic rings. The van der Waals surface area contributed by atoms with E-state index in [1.54, 1.807) is 12.1 Å². The number of carbonyl (C=O) groups is 1. The van der Waals surface area contributed by atoms with E-state index in [-0.39, 0.29) is 44.4 Å². The number of anilines is 1. The number of nitrogens with two attached hydrogens (primary N) is 1. The zero-order valence-corrected chi connectivity index (χ0v) is 43.7. The minimum absolute atomic E-state index is 0.0299. The van der Waals surface area contributed by atoms with Gasteiger partial charge in [-0.1, -0.05) is 75.3 Å². The maximum absolute atomic E-state index is 12.9. The van der Waals surface area contributed by atoms with Gasteiger partial charge in [0, 0.05) is 19.3 Å². The zero-order valence-electron chi connectivity index (χ0n) is 43.7. The molecule has 1 fully saturated rings. The monoisotopic (exact) mass is 1040 g/mol. The van der Waals surface area contributed by atoms with Crippen molar-refractivity contribution in [3.63, 3.8) is 0 Å². The Kier molecular flexibility index (Phi) is 35.3. The highest BCUT2D eigenvalue weighted by atomic mass is 18.2. The fourth-order valence-corrected chi connectivity index (χ4v) is 6.59. The zero-order chi connectivity index (χ0) is 56.3. The van der Waals surface area contributed by atoms with Crippen molar-refractivity contribution in [1.29, 1.82) is 0 Å². The van der Waals surface area contributed by atoms with E-state index < -0.39 is 60.9 Å². The van der Waals surface area contributed by atoms with E-state index in [1.165, 1.54) is 43.6 Å². The van der Waals surface area contributed by atoms with Gasteiger partial charge in [0.25, 0.3) is 0 Å². The van der Waals surface area contributed by atoms with Crippen molar-refractivity contribution in [2.24, 2.45) is 11.7 Å². The predicted octanol–water partition coefficient (Wildman–Crippen LogP) is 8.39. The molecule has 74 heavy (non-hydrogen) atoms. The third-order valence-corrected chi connectivity index (χ3v) is 11.3. The Bertz CT molecular complexity index is 2300. The summed E-state index contributed by atoms with van der Waals surface area (Å²) < 4.78 is 60.0. The second-order valence-electron chi connectivity index (χ2n) is 17.5. The summed E-state index contributed by atoms with van der Waals surface area (Å²) in [4.78, 5) is 46.0. The number of hydrogen-bond acceptors (Lipinski definition) is 14. The van der Waals surface area contributed by atoms with Crippen molar-refractivity contribution in [2.45, 2.75) is 136 Å². The number of nitrogens with zero attached hydrogens (tertiary/aromatic N) is 5. The number of imidazole rings is 1. The lowest BCUT2D eigenvalue weighted by molar-refractivity contribution is -0.397. The van der Waals surface area contributed by atoms with Gasteiger partial charge in [-0.3, -0.25) is 9.18 Å². The van der Waals surface area contributed by atoms with Crippen molar-refractivity contribution in [1.82, 2.24) is 9.55 Å². The molecule has 5 rings (SSSR count). The van der Waals surface area contributed by atoms with Crippen molar-refractivity contribution in [3.8, 4) is 5.75 Å². The minimum Gasteiger partial charge on any atom is -0.491 e. The van der Waals surface area contributed by atoms with Crippen LogP contribution in [0.1, 0.15) is 91.7 Å². The molecular weight excluding hydrogens is 969 g/mol. The molecule has 0 bridgehead atoms. The average Bonchev–Trinajstić information content (AvgIpc) is 3.86. The molecule has 4 aromatic rings. The number of aromatic nitrogens is 2. The Balaban J connectivity index is 0.000000912. The van der Waals surface area contributed by atoms with E-state index in [4.69, 9.17) is 46.7 Å². The first-order valence-corrected chi connectivity index (χ1v) is 24.2. The third-order valence-electron chi connectivity index (χ3n) is 11.3. The summed E-state index contributed by atoms with van der Waals surface area (Å²) in [5.74, 6) is 1.15. The largest absolute Gasteiger partial charge is 0.491 e. The van der Waals surface area contributed by atoms with Gasteiger partial charge in [-0.05, 0) is 116 Å². The number of nitro groups is 1. The van der Waals surface area contributed by atoms with E-state index in [1.807, 2.05) is 63.1 Å². The number of alkyl halides is 4. The van der Waals surface area contributed by atoms with Crippen LogP contribution in [-0.2, 0) is 32.1 Å². The number of rotatable bonds is 20. The second-order valence-corrected chi connectivity index (χ2v) is 17.5. The van der Waals surface area contributed by atoms with Gasteiger partial charge in [-0.15, -0.1) is 0 Å². The van der Waals surface area contributed by atoms with Crippen LogP contribution in [0.15, 0.2) is 78.8 Å². The van der Waals surface area contributed by atoms with Gasteiger partial charge in [0.1, 0.15) is 62.2 Å². The summed E-state index contributed by atoms with van der Waals surface area (Å²) in [5.41, 5.74) is 10.4. The number of aliphatic hydroxyl groups excluding tert-OH is 4. The van der Waals surface area contributed by atoms with Gasteiger partial charge < -0.3 is 50.6 Å². The molecular formula is C53H76F4N6O11. The van der Waals surface area contributed by atoms with Crippen LogP contribution in [0.5, 0.6) is 5.75 Å². The number of ketones is 1. The van der Waals surface area contributed by atoms with E-state index >= 15 is 0 Å². The Labute approximate surface area is 432 Å². The van der Waals surface area contributed by atoms with Crippen LogP contribution in [0, 0.1) is 22.6 Å². The molecule has 21 heteroatoms. The van der Waals surface area contributed by atoms with E-state index in [0.717, 1.165) is 51.9 Å². The number of benzene rings is 3. The highest BCUT2D eigenvalue weighted by Crippen LogP contribution is 2.27. The topological polar surface area (TPSA) is 245 Å². The van der Waals surface area contributed by atoms with Crippen LogP contribution >= 0.6 is 0 Å². The third kappa shape index (κ3) is 26.2. The fraction of sp³-hybridized carbons (Fsp3) is 0.547. The maximum atomic E-state index is 12.9. The van der Waals surface area contributed by atoms with Gasteiger partial charge >= 0.3 is 12.1 Å². The fourth-order valence-electron chi connectivity index (χ4n) is 6.59. The summed E-state index contributed by atoms with van der Waals surface area (Å²) in [6, 6.07) is 19.0. The second kappa shape index (κ2) is 38.5. The Morgan fingerprint density at radius 1 is 1.00 bits per heavy atom. The number of fused-ring (bicyclic) bond motifs is 1. The van der Waals surface area contributed by atoms with Crippen molar-refractivity contribution < 1.29 is 66.8 Å². The predicted molar refractivity (Wildman–Crippen MR) is 276 cm³/mol. The van der Waals surface area contributed by atoms with Crippen LogP contribution in [0.2, 0.25) is 0 Å². The number of hydrogen-bond donors (Lipinski definition) is 5. The average molecular weight is 1050 g/mol. The first-order valence-electron chi connectivity index (χ1n) is 24.2. The lowest BCUT2D eigenvalue weighted by Crippen LogP contribution is -2.56. The van der Waals surface area contributed by atoms with Gasteiger partial charge in [-0.25, -0.2) is 22.6 Å². The van der Waals surface area contributed by atoms with Crippen molar-refractivity contribution in [3.05, 3.63) is 111 Å². The number of carbonyl (C=O) groups excluding carboxylic acids is 3. The number of Topliss-reactive ketones (excluding diaryl/α,β-unsaturated/α-hetero) is 1. The summed E-state index contributed by atoms with van der Waals surface area (Å²) in [5, 5.41) is 48.8. The first-order chi connectivity index (χ1) is 35.1. The number of allylic oxidation sites excluding steroid dienone is 2. The smallest absolute Gasteiger partial charge is 0.434 e. The minimum atomic E-state index is -1.59. The van der Waals surface area contributed by atoms with E-state index in [2.05, 4.69) is 41.9 Å². The number of halogens is 4. The summed E-state index contributed by atoms with van der Waals surface area (Å²) in [6.45, 7) is 19.3.